The SMILES string of the molecule is CN(C)CCCNCC[C@H](Cc1ccccc1Cl)[C@@H]1CCOC(C)(C)C1. The van der Waals surface area contributed by atoms with E-state index in [4.69, 9.17) is 16.3 Å². The van der Waals surface area contributed by atoms with Crippen LogP contribution in [0.25, 0.3) is 0 Å². The molecule has 1 aromatic rings. The van der Waals surface area contributed by atoms with Crippen molar-refractivity contribution in [1.29, 1.82) is 0 Å². The Morgan fingerprint density at radius 3 is 2.73 bits per heavy atom. The van der Waals surface area contributed by atoms with E-state index in [9.17, 15) is 0 Å². The summed E-state index contributed by atoms with van der Waals surface area (Å²) in [6.07, 6.45) is 5.78. The molecular formula is C22H37ClN2O. The minimum Gasteiger partial charge on any atom is -0.376 e. The smallest absolute Gasteiger partial charge is 0.0629 e. The van der Waals surface area contributed by atoms with Gasteiger partial charge in [0.1, 0.15) is 0 Å². The van der Waals surface area contributed by atoms with Gasteiger partial charge in [-0.3, -0.25) is 0 Å². The molecule has 0 saturated carbocycles. The number of rotatable bonds is 10. The van der Waals surface area contributed by atoms with Crippen LogP contribution in [0.4, 0.5) is 0 Å². The Balaban J connectivity index is 1.92. The van der Waals surface area contributed by atoms with Crippen LogP contribution in [-0.4, -0.2) is 50.8 Å². The van der Waals surface area contributed by atoms with Crippen molar-refractivity contribution in [1.82, 2.24) is 10.2 Å². The molecule has 0 radical (unpaired) electrons. The lowest BCUT2D eigenvalue weighted by molar-refractivity contribution is -0.0830. The second-order valence-electron chi connectivity index (χ2n) is 8.61. The predicted molar refractivity (Wildman–Crippen MR) is 112 cm³/mol. The Labute approximate surface area is 165 Å². The van der Waals surface area contributed by atoms with Gasteiger partial charge in [0, 0.05) is 11.6 Å². The third kappa shape index (κ3) is 7.56. The molecule has 1 N–H and O–H groups in total. The second kappa shape index (κ2) is 10.7. The molecule has 1 aromatic carbocycles. The lowest BCUT2D eigenvalue weighted by Crippen LogP contribution is -2.38. The lowest BCUT2D eigenvalue weighted by Gasteiger charge is -2.39. The zero-order valence-corrected chi connectivity index (χ0v) is 17.8. The predicted octanol–water partition coefficient (Wildman–Crippen LogP) is 4.64. The average Bonchev–Trinajstić information content (AvgIpc) is 2.57. The van der Waals surface area contributed by atoms with Gasteiger partial charge in [0.15, 0.2) is 0 Å². The standard InChI is InChI=1S/C22H37ClN2O/c1-22(2)17-20(11-15-26-22)18(10-13-24-12-7-14-25(3)4)16-19-8-5-6-9-21(19)23/h5-6,8-9,18,20,24H,7,10-17H2,1-4H3/t18-,20-/m1/s1. The highest BCUT2D eigenvalue weighted by atomic mass is 35.5. The number of benzene rings is 1. The zero-order valence-electron chi connectivity index (χ0n) is 17.1. The van der Waals surface area contributed by atoms with Gasteiger partial charge < -0.3 is 15.0 Å². The maximum absolute atomic E-state index is 6.45. The van der Waals surface area contributed by atoms with Crippen molar-refractivity contribution in [2.24, 2.45) is 11.8 Å². The van der Waals surface area contributed by atoms with Gasteiger partial charge >= 0.3 is 0 Å². The summed E-state index contributed by atoms with van der Waals surface area (Å²) in [5.41, 5.74) is 1.29. The number of halogens is 1. The van der Waals surface area contributed by atoms with Gasteiger partial charge in [-0.2, -0.15) is 0 Å². The minimum absolute atomic E-state index is 0.000782. The van der Waals surface area contributed by atoms with Gasteiger partial charge in [0.25, 0.3) is 0 Å². The van der Waals surface area contributed by atoms with Crippen molar-refractivity contribution in [3.05, 3.63) is 34.9 Å². The molecule has 1 fully saturated rings. The van der Waals surface area contributed by atoms with E-state index in [2.05, 4.69) is 50.3 Å². The van der Waals surface area contributed by atoms with E-state index in [1.54, 1.807) is 0 Å². The van der Waals surface area contributed by atoms with Crippen LogP contribution in [0, 0.1) is 11.8 Å². The fourth-order valence-corrected chi connectivity index (χ4v) is 4.28. The highest BCUT2D eigenvalue weighted by Gasteiger charge is 2.33. The summed E-state index contributed by atoms with van der Waals surface area (Å²) in [6, 6.07) is 8.32. The molecule has 1 saturated heterocycles. The van der Waals surface area contributed by atoms with E-state index in [-0.39, 0.29) is 5.60 Å². The van der Waals surface area contributed by atoms with Crippen molar-refractivity contribution in [2.75, 3.05) is 40.3 Å². The fraction of sp³-hybridized carbons (Fsp3) is 0.727. The van der Waals surface area contributed by atoms with E-state index >= 15 is 0 Å². The molecule has 0 amide bonds. The quantitative estimate of drug-likeness (QED) is 0.598. The zero-order chi connectivity index (χ0) is 19.0. The first-order valence-electron chi connectivity index (χ1n) is 10.1. The van der Waals surface area contributed by atoms with E-state index in [1.807, 2.05) is 12.1 Å². The number of ether oxygens (including phenoxy) is 1. The van der Waals surface area contributed by atoms with Gasteiger partial charge in [-0.1, -0.05) is 29.8 Å². The molecule has 1 heterocycles. The molecule has 1 aliphatic rings. The molecule has 26 heavy (non-hydrogen) atoms. The summed E-state index contributed by atoms with van der Waals surface area (Å²) in [7, 11) is 4.26. The summed E-state index contributed by atoms with van der Waals surface area (Å²) in [6.45, 7) is 8.66. The molecule has 1 aliphatic heterocycles. The first kappa shape index (κ1) is 21.7. The van der Waals surface area contributed by atoms with E-state index in [0.29, 0.717) is 11.8 Å². The molecule has 0 aromatic heterocycles. The Hall–Kier alpha value is -0.610. The number of hydrogen-bond donors (Lipinski definition) is 1. The van der Waals surface area contributed by atoms with Crippen molar-refractivity contribution in [3.8, 4) is 0 Å². The third-order valence-corrected chi connectivity index (χ3v) is 5.86. The summed E-state index contributed by atoms with van der Waals surface area (Å²) in [5.74, 6) is 1.36. The number of hydrogen-bond acceptors (Lipinski definition) is 3. The Bertz CT molecular complexity index is 533. The normalized spacial score (nSPS) is 21.1. The summed E-state index contributed by atoms with van der Waals surface area (Å²) >= 11 is 6.45. The van der Waals surface area contributed by atoms with Gasteiger partial charge in [-0.05, 0) is 103 Å². The Morgan fingerprint density at radius 2 is 2.04 bits per heavy atom. The van der Waals surface area contributed by atoms with Crippen LogP contribution in [0.5, 0.6) is 0 Å². The third-order valence-electron chi connectivity index (χ3n) is 5.49. The highest BCUT2D eigenvalue weighted by Crippen LogP contribution is 2.37. The minimum atomic E-state index is 0.000782. The molecule has 0 unspecified atom stereocenters. The second-order valence-corrected chi connectivity index (χ2v) is 9.02. The van der Waals surface area contributed by atoms with Crippen LogP contribution in [0.1, 0.15) is 45.1 Å². The maximum Gasteiger partial charge on any atom is 0.0629 e. The van der Waals surface area contributed by atoms with Crippen molar-refractivity contribution in [3.63, 3.8) is 0 Å². The largest absolute Gasteiger partial charge is 0.376 e. The highest BCUT2D eigenvalue weighted by molar-refractivity contribution is 6.31. The van der Waals surface area contributed by atoms with Gasteiger partial charge in [0.2, 0.25) is 0 Å². The summed E-state index contributed by atoms with van der Waals surface area (Å²) in [5, 5.41) is 4.55. The van der Waals surface area contributed by atoms with Crippen LogP contribution >= 0.6 is 11.6 Å². The molecule has 2 atom stereocenters. The number of nitrogens with one attached hydrogen (secondary N) is 1. The van der Waals surface area contributed by atoms with Crippen molar-refractivity contribution in [2.45, 2.75) is 51.6 Å². The van der Waals surface area contributed by atoms with Crippen LogP contribution in [0.3, 0.4) is 0 Å². The molecule has 148 valence electrons. The Kier molecular flexibility index (Phi) is 8.89. The van der Waals surface area contributed by atoms with E-state index < -0.39 is 0 Å². The van der Waals surface area contributed by atoms with Gasteiger partial charge in [-0.25, -0.2) is 0 Å². The van der Waals surface area contributed by atoms with Gasteiger partial charge in [-0.15, -0.1) is 0 Å². The van der Waals surface area contributed by atoms with Crippen LogP contribution < -0.4 is 5.32 Å². The molecule has 4 heteroatoms. The molecular weight excluding hydrogens is 344 g/mol. The molecule has 0 spiro atoms. The molecule has 0 aliphatic carbocycles. The van der Waals surface area contributed by atoms with Crippen LogP contribution in [0.2, 0.25) is 5.02 Å². The lowest BCUT2D eigenvalue weighted by atomic mass is 9.75. The first-order valence-corrected chi connectivity index (χ1v) is 10.5. The monoisotopic (exact) mass is 380 g/mol. The first-order chi connectivity index (χ1) is 12.4. The van der Waals surface area contributed by atoms with E-state index in [0.717, 1.165) is 44.1 Å². The number of nitrogens with zero attached hydrogens (tertiary/aromatic N) is 1. The summed E-state index contributed by atoms with van der Waals surface area (Å²) < 4.78 is 5.95. The van der Waals surface area contributed by atoms with Crippen molar-refractivity contribution < 1.29 is 4.74 Å². The summed E-state index contributed by atoms with van der Waals surface area (Å²) in [4.78, 5) is 2.24. The topological polar surface area (TPSA) is 24.5 Å². The molecule has 0 bridgehead atoms. The van der Waals surface area contributed by atoms with Crippen molar-refractivity contribution >= 4 is 11.6 Å². The van der Waals surface area contributed by atoms with Gasteiger partial charge in [0.05, 0.1) is 5.60 Å². The Morgan fingerprint density at radius 1 is 1.27 bits per heavy atom. The molecule has 3 nitrogen and oxygen atoms in total. The maximum atomic E-state index is 6.45. The fourth-order valence-electron chi connectivity index (χ4n) is 4.06. The average molecular weight is 381 g/mol. The van der Waals surface area contributed by atoms with Crippen LogP contribution in [-0.2, 0) is 11.2 Å². The molecule has 2 rings (SSSR count). The van der Waals surface area contributed by atoms with E-state index in [1.165, 1.54) is 24.8 Å². The van der Waals surface area contributed by atoms with Crippen LogP contribution in [0.15, 0.2) is 24.3 Å².